The predicted molar refractivity (Wildman–Crippen MR) is 150 cm³/mol. The molecule has 0 aliphatic rings. The van der Waals surface area contributed by atoms with E-state index < -0.39 is 17.5 Å². The predicted octanol–water partition coefficient (Wildman–Crippen LogP) is 4.88. The Hall–Kier alpha value is -5.65. The molecule has 212 valence electrons. The topological polar surface area (TPSA) is 156 Å². The maximum atomic E-state index is 13.3. The van der Waals surface area contributed by atoms with E-state index in [-0.39, 0.29) is 17.3 Å². The fourth-order valence-electron chi connectivity index (χ4n) is 4.72. The number of benzene rings is 3. The number of carbonyl (C=O) groups is 1. The van der Waals surface area contributed by atoms with Crippen molar-refractivity contribution >= 4 is 17.0 Å². The van der Waals surface area contributed by atoms with Gasteiger partial charge in [-0.1, -0.05) is 59.8 Å². The number of rotatable bonds is 8. The molecule has 12 nitrogen and oxygen atoms in total. The quantitative estimate of drug-likeness (QED) is 0.251. The van der Waals surface area contributed by atoms with Gasteiger partial charge in [0.1, 0.15) is 0 Å². The van der Waals surface area contributed by atoms with E-state index in [9.17, 15) is 14.4 Å². The molecule has 12 heteroatoms. The molecule has 0 saturated heterocycles. The van der Waals surface area contributed by atoms with E-state index in [2.05, 4.69) is 15.1 Å². The second-order valence-corrected chi connectivity index (χ2v) is 9.41. The summed E-state index contributed by atoms with van der Waals surface area (Å²) in [6.45, 7) is 5.89. The zero-order chi connectivity index (χ0) is 29.4. The normalized spacial score (nSPS) is 11.2. The average molecular weight is 569 g/mol. The van der Waals surface area contributed by atoms with Crippen LogP contribution in [0.4, 0.5) is 0 Å². The lowest BCUT2D eigenvalue weighted by Crippen LogP contribution is -2.12. The van der Waals surface area contributed by atoms with Gasteiger partial charge in [0.25, 0.3) is 6.01 Å². The molecule has 3 aromatic heterocycles. The lowest BCUT2D eigenvalue weighted by Gasteiger charge is -2.13. The first-order chi connectivity index (χ1) is 20.3. The molecule has 0 radical (unpaired) electrons. The van der Waals surface area contributed by atoms with Crippen LogP contribution in [0.1, 0.15) is 34.2 Å². The molecule has 6 aromatic rings. The summed E-state index contributed by atoms with van der Waals surface area (Å²) < 4.78 is 27.4. The van der Waals surface area contributed by atoms with Crippen LogP contribution in [-0.2, 0) is 6.54 Å². The second kappa shape index (κ2) is 10.7. The molecule has 0 atom stereocenters. The maximum Gasteiger partial charge on any atom is 0.521 e. The molecule has 0 unspecified atom stereocenters. The Balaban J connectivity index is 1.38. The highest BCUT2D eigenvalue weighted by atomic mass is 16.7. The Morgan fingerprint density at radius 2 is 1.74 bits per heavy atom. The van der Waals surface area contributed by atoms with Crippen LogP contribution >= 0.6 is 0 Å². The molecular weight excluding hydrogens is 544 g/mol. The summed E-state index contributed by atoms with van der Waals surface area (Å²) in [5.41, 5.74) is 5.52. The van der Waals surface area contributed by atoms with Gasteiger partial charge in [-0.3, -0.25) is 14.1 Å². The van der Waals surface area contributed by atoms with Gasteiger partial charge in [-0.15, -0.1) is 0 Å². The van der Waals surface area contributed by atoms with Crippen LogP contribution in [0.25, 0.3) is 33.5 Å². The van der Waals surface area contributed by atoms with Crippen molar-refractivity contribution in [3.05, 3.63) is 104 Å². The van der Waals surface area contributed by atoms with Crippen molar-refractivity contribution < 1.29 is 27.6 Å². The Morgan fingerprint density at radius 3 is 2.40 bits per heavy atom. The molecule has 42 heavy (non-hydrogen) atoms. The van der Waals surface area contributed by atoms with Gasteiger partial charge in [-0.2, -0.15) is 4.98 Å². The summed E-state index contributed by atoms with van der Waals surface area (Å²) in [5, 5.41) is 3.83. The summed E-state index contributed by atoms with van der Waals surface area (Å²) in [5.74, 6) is -2.25. The van der Waals surface area contributed by atoms with E-state index >= 15 is 0 Å². The Bertz CT molecular complexity index is 2040. The SMILES string of the molecule is CCOc1nc2c(C)ccc(C(=O)Oc3oc(=O)oc3C)c2n1Cc1ccc(-c2ccccc2-c2noc(=O)[nH]2)cc1. The van der Waals surface area contributed by atoms with Crippen molar-refractivity contribution in [3.63, 3.8) is 0 Å². The summed E-state index contributed by atoms with van der Waals surface area (Å²) >= 11 is 0. The monoisotopic (exact) mass is 568 g/mol. The largest absolute Gasteiger partial charge is 0.521 e. The van der Waals surface area contributed by atoms with E-state index in [0.717, 1.165) is 27.8 Å². The number of aromatic amines is 1. The maximum absolute atomic E-state index is 13.3. The van der Waals surface area contributed by atoms with Gasteiger partial charge in [0.15, 0.2) is 11.6 Å². The van der Waals surface area contributed by atoms with Gasteiger partial charge >= 0.3 is 23.5 Å². The van der Waals surface area contributed by atoms with E-state index in [1.807, 2.05) is 66.9 Å². The zero-order valence-electron chi connectivity index (χ0n) is 22.8. The van der Waals surface area contributed by atoms with Crippen molar-refractivity contribution in [1.29, 1.82) is 0 Å². The van der Waals surface area contributed by atoms with Crippen LogP contribution in [0.5, 0.6) is 12.0 Å². The van der Waals surface area contributed by atoms with E-state index in [4.69, 9.17) is 22.8 Å². The number of carbonyl (C=O) groups excluding carboxylic acids is 1. The third-order valence-corrected chi connectivity index (χ3v) is 6.67. The fraction of sp³-hybridized carbons (Fsp3) is 0.167. The summed E-state index contributed by atoms with van der Waals surface area (Å²) in [6.07, 6.45) is 0. The highest BCUT2D eigenvalue weighted by Crippen LogP contribution is 2.32. The van der Waals surface area contributed by atoms with Gasteiger partial charge in [0, 0.05) is 12.5 Å². The molecule has 0 aliphatic carbocycles. The average Bonchev–Trinajstić information content (AvgIpc) is 3.66. The number of hydrogen-bond acceptors (Lipinski definition) is 10. The third kappa shape index (κ3) is 4.89. The Kier molecular flexibility index (Phi) is 6.79. The lowest BCUT2D eigenvalue weighted by molar-refractivity contribution is 0.0691. The minimum atomic E-state index is -0.964. The minimum Gasteiger partial charge on any atom is -0.465 e. The molecule has 0 fully saturated rings. The number of imidazole rings is 1. The van der Waals surface area contributed by atoms with Crippen LogP contribution in [0.15, 0.2) is 83.6 Å². The van der Waals surface area contributed by atoms with Crippen LogP contribution in [0.2, 0.25) is 0 Å². The number of H-pyrrole nitrogens is 1. The first-order valence-electron chi connectivity index (χ1n) is 13.0. The van der Waals surface area contributed by atoms with Crippen molar-refractivity contribution in [3.8, 4) is 34.5 Å². The van der Waals surface area contributed by atoms with E-state index in [1.165, 1.54) is 6.92 Å². The van der Waals surface area contributed by atoms with Gasteiger partial charge in [0.05, 0.1) is 29.7 Å². The number of esters is 1. The number of nitrogens with one attached hydrogen (secondary N) is 1. The molecule has 3 aromatic carbocycles. The molecule has 1 N–H and O–H groups in total. The molecule has 0 saturated carbocycles. The number of fused-ring (bicyclic) bond motifs is 1. The van der Waals surface area contributed by atoms with E-state index in [1.54, 1.807) is 12.1 Å². The summed E-state index contributed by atoms with van der Waals surface area (Å²) in [7, 11) is 0. The van der Waals surface area contributed by atoms with Crippen LogP contribution < -0.4 is 21.1 Å². The molecule has 0 spiro atoms. The van der Waals surface area contributed by atoms with E-state index in [0.29, 0.717) is 36.0 Å². The number of aryl methyl sites for hydroxylation is 2. The van der Waals surface area contributed by atoms with Crippen molar-refractivity contribution in [1.82, 2.24) is 19.7 Å². The fourth-order valence-corrected chi connectivity index (χ4v) is 4.72. The number of nitrogens with zero attached hydrogens (tertiary/aromatic N) is 3. The van der Waals surface area contributed by atoms with Gasteiger partial charge < -0.3 is 18.3 Å². The molecular formula is C30H24N4O8. The first-order valence-corrected chi connectivity index (χ1v) is 13.0. The number of ether oxygens (including phenoxy) is 2. The summed E-state index contributed by atoms with van der Waals surface area (Å²) in [4.78, 5) is 43.5. The van der Waals surface area contributed by atoms with Crippen molar-refractivity contribution in [2.24, 2.45) is 0 Å². The zero-order valence-corrected chi connectivity index (χ0v) is 22.8. The number of aromatic nitrogens is 4. The smallest absolute Gasteiger partial charge is 0.465 e. The highest BCUT2D eigenvalue weighted by Gasteiger charge is 2.24. The molecule has 0 bridgehead atoms. The molecule has 6 rings (SSSR count). The van der Waals surface area contributed by atoms with Crippen LogP contribution in [0.3, 0.4) is 0 Å². The second-order valence-electron chi connectivity index (χ2n) is 9.41. The van der Waals surface area contributed by atoms with Crippen LogP contribution in [0, 0.1) is 13.8 Å². The highest BCUT2D eigenvalue weighted by molar-refractivity contribution is 6.04. The van der Waals surface area contributed by atoms with Gasteiger partial charge in [0.2, 0.25) is 0 Å². The van der Waals surface area contributed by atoms with Gasteiger partial charge in [-0.25, -0.2) is 14.4 Å². The van der Waals surface area contributed by atoms with Crippen LogP contribution in [-0.4, -0.2) is 32.3 Å². The number of hydrogen-bond donors (Lipinski definition) is 1. The first kappa shape index (κ1) is 26.6. The van der Waals surface area contributed by atoms with Gasteiger partial charge in [-0.05, 0) is 42.2 Å². The minimum absolute atomic E-state index is 0.0526. The van der Waals surface area contributed by atoms with Crippen molar-refractivity contribution in [2.75, 3.05) is 6.61 Å². The molecule has 0 amide bonds. The molecule has 3 heterocycles. The standard InChI is InChI=1S/C30H24N4O8/c1-4-38-28-31-23-16(2)9-14-22(26(35)40-27-17(3)39-30(37)41-27)24(23)34(28)15-18-10-12-19(13-11-18)20-7-5-6-8-21(20)25-32-29(36)42-33-25/h5-14H,4,15H2,1-3H3,(H,32,33,36). The lowest BCUT2D eigenvalue weighted by atomic mass is 9.98. The Labute approximate surface area is 237 Å². The third-order valence-electron chi connectivity index (χ3n) is 6.67. The van der Waals surface area contributed by atoms with Crippen molar-refractivity contribution in [2.45, 2.75) is 27.3 Å². The Morgan fingerprint density at radius 1 is 0.976 bits per heavy atom. The summed E-state index contributed by atoms with van der Waals surface area (Å²) in [6, 6.07) is 19.1. The molecule has 0 aliphatic heterocycles.